The molecule has 0 aromatic rings. The van der Waals surface area contributed by atoms with E-state index in [1.165, 1.54) is 0 Å². The van der Waals surface area contributed by atoms with Gasteiger partial charge in [0.25, 0.3) is 0 Å². The minimum atomic E-state index is -0.798. The van der Waals surface area contributed by atoms with Gasteiger partial charge in [0.15, 0.2) is 6.29 Å². The zero-order chi connectivity index (χ0) is 9.14. The summed E-state index contributed by atoms with van der Waals surface area (Å²) in [5.41, 5.74) is 0.333. The van der Waals surface area contributed by atoms with Crippen molar-refractivity contribution in [3.05, 3.63) is 12.2 Å². The number of esters is 1. The van der Waals surface area contributed by atoms with Gasteiger partial charge in [-0.25, -0.2) is 4.79 Å². The first-order valence-corrected chi connectivity index (χ1v) is 3.79. The molecule has 68 valence electrons. The lowest BCUT2D eigenvalue weighted by molar-refractivity contribution is -0.192. The van der Waals surface area contributed by atoms with Crippen LogP contribution in [0.2, 0.25) is 0 Å². The second kappa shape index (κ2) is 3.69. The van der Waals surface area contributed by atoms with Gasteiger partial charge in [-0.15, -0.1) is 0 Å². The van der Waals surface area contributed by atoms with Gasteiger partial charge in [0.05, 0.1) is 0 Å². The quantitative estimate of drug-likeness (QED) is 0.488. The predicted octanol–water partition coefficient (Wildman–Crippen LogP) is 0.561. The molecule has 0 aliphatic carbocycles. The minimum absolute atomic E-state index is 0.333. The largest absolute Gasteiger partial charge is 0.432 e. The number of carbonyl (C=O) groups is 1. The van der Waals surface area contributed by atoms with Crippen molar-refractivity contribution in [3.63, 3.8) is 0 Å². The first kappa shape index (κ1) is 9.22. The van der Waals surface area contributed by atoms with Crippen LogP contribution in [0.25, 0.3) is 0 Å². The summed E-state index contributed by atoms with van der Waals surface area (Å²) < 4.78 is 9.68. The smallest absolute Gasteiger partial charge is 0.335 e. The predicted molar refractivity (Wildman–Crippen MR) is 41.0 cm³/mol. The Labute approximate surface area is 70.8 Å². The van der Waals surface area contributed by atoms with Crippen molar-refractivity contribution in [2.45, 2.75) is 32.3 Å². The van der Waals surface area contributed by atoms with E-state index in [1.807, 2.05) is 0 Å². The van der Waals surface area contributed by atoms with Gasteiger partial charge in [-0.2, -0.15) is 0 Å². The van der Waals surface area contributed by atoms with Crippen LogP contribution in [-0.4, -0.2) is 23.7 Å². The highest BCUT2D eigenvalue weighted by molar-refractivity contribution is 5.87. The van der Waals surface area contributed by atoms with Gasteiger partial charge in [-0.1, -0.05) is 6.58 Å². The summed E-state index contributed by atoms with van der Waals surface area (Å²) in [7, 11) is 0. The Morgan fingerprint density at radius 3 is 2.75 bits per heavy atom. The van der Waals surface area contributed by atoms with E-state index in [0.29, 0.717) is 18.4 Å². The molecule has 1 aliphatic heterocycles. The molecule has 12 heavy (non-hydrogen) atoms. The molecule has 0 radical (unpaired) electrons. The third kappa shape index (κ3) is 2.32. The topological polar surface area (TPSA) is 55.8 Å². The van der Waals surface area contributed by atoms with E-state index >= 15 is 0 Å². The molecule has 4 heteroatoms. The maximum absolute atomic E-state index is 10.9. The van der Waals surface area contributed by atoms with Crippen LogP contribution in [0.4, 0.5) is 0 Å². The van der Waals surface area contributed by atoms with Crippen LogP contribution in [0.3, 0.4) is 0 Å². The summed E-state index contributed by atoms with van der Waals surface area (Å²) in [5, 5.41) is 8.92. The van der Waals surface area contributed by atoms with Crippen molar-refractivity contribution in [1.82, 2.24) is 0 Å². The van der Waals surface area contributed by atoms with Crippen LogP contribution >= 0.6 is 0 Å². The molecule has 0 aromatic heterocycles. The molecule has 1 N–H and O–H groups in total. The monoisotopic (exact) mass is 172 g/mol. The second-order valence-electron chi connectivity index (χ2n) is 2.78. The lowest BCUT2D eigenvalue weighted by Crippen LogP contribution is -2.18. The molecule has 0 bridgehead atoms. The average Bonchev–Trinajstić information content (AvgIpc) is 2.35. The first-order valence-electron chi connectivity index (χ1n) is 3.79. The third-order valence-electron chi connectivity index (χ3n) is 1.55. The van der Waals surface area contributed by atoms with Gasteiger partial charge < -0.3 is 14.6 Å². The number of carbonyl (C=O) groups excluding carboxylic acids is 1. The van der Waals surface area contributed by atoms with Crippen molar-refractivity contribution in [2.24, 2.45) is 0 Å². The Bertz CT molecular complexity index is 199. The Kier molecular flexibility index (Phi) is 2.83. The fourth-order valence-corrected chi connectivity index (χ4v) is 0.897. The van der Waals surface area contributed by atoms with Gasteiger partial charge in [-0.3, -0.25) is 0 Å². The van der Waals surface area contributed by atoms with E-state index in [2.05, 4.69) is 6.58 Å². The highest BCUT2D eigenvalue weighted by Crippen LogP contribution is 2.19. The molecule has 1 saturated heterocycles. The number of hydrogen-bond acceptors (Lipinski definition) is 4. The average molecular weight is 172 g/mol. The molecule has 1 aliphatic rings. The van der Waals surface area contributed by atoms with Crippen LogP contribution in [0.1, 0.15) is 19.8 Å². The number of rotatable bonds is 2. The minimum Gasteiger partial charge on any atom is -0.432 e. The molecule has 0 spiro atoms. The van der Waals surface area contributed by atoms with E-state index in [0.717, 1.165) is 0 Å². The molecular formula is C8H12O4. The summed E-state index contributed by atoms with van der Waals surface area (Å²) in [5.74, 6) is -0.478. The first-order chi connectivity index (χ1) is 5.59. The van der Waals surface area contributed by atoms with Gasteiger partial charge in [0.1, 0.15) is 0 Å². The van der Waals surface area contributed by atoms with Crippen LogP contribution in [0.15, 0.2) is 12.2 Å². The summed E-state index contributed by atoms with van der Waals surface area (Å²) in [6.45, 7) is 4.99. The lowest BCUT2D eigenvalue weighted by atomic mass is 10.3. The SMILES string of the molecule is C=C(C)C(=O)OC1CCC(O)O1. The standard InChI is InChI=1S/C8H12O4/c1-5(2)8(10)12-7-4-3-6(9)11-7/h6-7,9H,1,3-4H2,2H3. The molecule has 2 unspecified atom stereocenters. The number of aliphatic hydroxyl groups excluding tert-OH is 1. The summed E-state index contributed by atoms with van der Waals surface area (Å²) in [6, 6.07) is 0. The van der Waals surface area contributed by atoms with Crippen molar-refractivity contribution in [2.75, 3.05) is 0 Å². The molecule has 0 aromatic carbocycles. The fraction of sp³-hybridized carbons (Fsp3) is 0.625. The lowest BCUT2D eigenvalue weighted by Gasteiger charge is -2.11. The molecule has 1 fully saturated rings. The number of hydrogen-bond donors (Lipinski definition) is 1. The highest BCUT2D eigenvalue weighted by atomic mass is 16.7. The van der Waals surface area contributed by atoms with E-state index < -0.39 is 18.5 Å². The molecule has 4 nitrogen and oxygen atoms in total. The Balaban J connectivity index is 2.32. The molecule has 0 amide bonds. The van der Waals surface area contributed by atoms with Crippen molar-refractivity contribution in [3.8, 4) is 0 Å². The number of ether oxygens (including phenoxy) is 2. The summed E-state index contributed by atoms with van der Waals surface area (Å²) in [4.78, 5) is 10.9. The van der Waals surface area contributed by atoms with Crippen LogP contribution in [0.5, 0.6) is 0 Å². The van der Waals surface area contributed by atoms with Crippen molar-refractivity contribution in [1.29, 1.82) is 0 Å². The van der Waals surface area contributed by atoms with Gasteiger partial charge in [0.2, 0.25) is 6.29 Å². The van der Waals surface area contributed by atoms with E-state index in [9.17, 15) is 4.79 Å². The van der Waals surface area contributed by atoms with Crippen LogP contribution in [-0.2, 0) is 14.3 Å². The zero-order valence-corrected chi connectivity index (χ0v) is 6.95. The van der Waals surface area contributed by atoms with Crippen LogP contribution < -0.4 is 0 Å². The van der Waals surface area contributed by atoms with E-state index in [4.69, 9.17) is 14.6 Å². The fourth-order valence-electron chi connectivity index (χ4n) is 0.897. The zero-order valence-electron chi connectivity index (χ0n) is 6.95. The molecule has 0 saturated carbocycles. The van der Waals surface area contributed by atoms with Crippen molar-refractivity contribution < 1.29 is 19.4 Å². The van der Waals surface area contributed by atoms with Crippen molar-refractivity contribution >= 4 is 5.97 Å². The summed E-state index contributed by atoms with van der Waals surface area (Å²) >= 11 is 0. The van der Waals surface area contributed by atoms with Gasteiger partial charge in [-0.05, 0) is 6.92 Å². The van der Waals surface area contributed by atoms with Crippen LogP contribution in [0, 0.1) is 0 Å². The van der Waals surface area contributed by atoms with Gasteiger partial charge in [0, 0.05) is 18.4 Å². The van der Waals surface area contributed by atoms with E-state index in [1.54, 1.807) is 6.92 Å². The van der Waals surface area contributed by atoms with E-state index in [-0.39, 0.29) is 0 Å². The summed E-state index contributed by atoms with van der Waals surface area (Å²) in [6.07, 6.45) is -0.356. The van der Waals surface area contributed by atoms with Gasteiger partial charge >= 0.3 is 5.97 Å². The maximum Gasteiger partial charge on any atom is 0.335 e. The molecule has 1 heterocycles. The Morgan fingerprint density at radius 2 is 2.33 bits per heavy atom. The third-order valence-corrected chi connectivity index (χ3v) is 1.55. The molecule has 1 rings (SSSR count). The highest BCUT2D eigenvalue weighted by Gasteiger charge is 2.26. The normalized spacial score (nSPS) is 28.5. The Hall–Kier alpha value is -0.870. The number of aliphatic hydroxyl groups is 1. The maximum atomic E-state index is 10.9. The molecular weight excluding hydrogens is 160 g/mol. The second-order valence-corrected chi connectivity index (χ2v) is 2.78. The Morgan fingerprint density at radius 1 is 1.67 bits per heavy atom. The molecule has 2 atom stereocenters.